The molecule has 1 saturated carbocycles. The Kier molecular flexibility index (Phi) is 6.28. The van der Waals surface area contributed by atoms with Crippen molar-refractivity contribution in [1.82, 2.24) is 20.4 Å². The summed E-state index contributed by atoms with van der Waals surface area (Å²) in [5.41, 5.74) is 0.445. The second kappa shape index (κ2) is 9.08. The highest BCUT2D eigenvalue weighted by atomic mass is 16.1. The van der Waals surface area contributed by atoms with Gasteiger partial charge < -0.3 is 10.2 Å². The monoisotopic (exact) mass is 395 g/mol. The number of hydrogen-bond acceptors (Lipinski definition) is 5. The maximum absolute atomic E-state index is 12.9. The van der Waals surface area contributed by atoms with E-state index in [-0.39, 0.29) is 5.91 Å². The number of carbonyl (C=O) groups is 1. The number of fused-ring (bicyclic) bond motifs is 1. The molecule has 1 N–H and O–H groups in total. The van der Waals surface area contributed by atoms with Crippen LogP contribution in [0.5, 0.6) is 0 Å². The van der Waals surface area contributed by atoms with Gasteiger partial charge in [0.15, 0.2) is 11.5 Å². The van der Waals surface area contributed by atoms with Crippen LogP contribution in [0.1, 0.15) is 56.4 Å². The first kappa shape index (κ1) is 20.1. The molecule has 0 atom stereocenters. The van der Waals surface area contributed by atoms with Gasteiger partial charge in [0.1, 0.15) is 0 Å². The summed E-state index contributed by atoms with van der Waals surface area (Å²) in [6.07, 6.45) is 6.32. The fourth-order valence-electron chi connectivity index (χ4n) is 4.65. The first-order chi connectivity index (χ1) is 14.1. The Bertz CT molecular complexity index is 838. The molecule has 29 heavy (non-hydrogen) atoms. The van der Waals surface area contributed by atoms with Crippen molar-refractivity contribution in [3.05, 3.63) is 30.0 Å². The van der Waals surface area contributed by atoms with Crippen molar-refractivity contribution in [3.8, 4) is 0 Å². The molecular weight excluding hydrogens is 362 g/mol. The molecule has 2 aromatic rings. The minimum Gasteiger partial charge on any atom is -0.352 e. The zero-order valence-corrected chi connectivity index (χ0v) is 17.7. The highest BCUT2D eigenvalue weighted by Crippen LogP contribution is 2.27. The van der Waals surface area contributed by atoms with E-state index in [1.54, 1.807) is 0 Å². The van der Waals surface area contributed by atoms with E-state index in [2.05, 4.69) is 45.2 Å². The van der Waals surface area contributed by atoms with Gasteiger partial charge in [-0.2, -0.15) is 0 Å². The highest BCUT2D eigenvalue weighted by molar-refractivity contribution is 6.07. The number of rotatable bonds is 5. The Morgan fingerprint density at radius 1 is 1.03 bits per heavy atom. The molecule has 0 spiro atoms. The fourth-order valence-corrected chi connectivity index (χ4v) is 4.65. The molecule has 1 aliphatic carbocycles. The molecule has 4 rings (SSSR count). The van der Waals surface area contributed by atoms with Crippen LogP contribution < -0.4 is 10.2 Å². The van der Waals surface area contributed by atoms with Crippen LogP contribution in [0, 0.1) is 5.92 Å². The van der Waals surface area contributed by atoms with E-state index in [4.69, 9.17) is 0 Å². The van der Waals surface area contributed by atoms with Crippen molar-refractivity contribution in [3.63, 3.8) is 0 Å². The van der Waals surface area contributed by atoms with Crippen molar-refractivity contribution >= 4 is 22.5 Å². The summed E-state index contributed by atoms with van der Waals surface area (Å²) in [5.74, 6) is 1.40. The normalized spacial score (nSPS) is 19.1. The molecule has 1 amide bonds. The standard InChI is InChI=1S/C23H33N5O/c1-17(2)27-12-14-28(15-13-27)22-20-11-7-6-10-19(20)21(25-26-22)23(29)24-16-18-8-4-3-5-9-18/h6-7,10-11,17-18H,3-5,8-9,12-16H2,1-2H3,(H,24,29). The summed E-state index contributed by atoms with van der Waals surface area (Å²) in [5, 5.41) is 13.9. The maximum atomic E-state index is 12.9. The van der Waals surface area contributed by atoms with Crippen LogP contribution in [-0.2, 0) is 0 Å². The van der Waals surface area contributed by atoms with Gasteiger partial charge in [-0.1, -0.05) is 43.5 Å². The number of nitrogens with zero attached hydrogens (tertiary/aromatic N) is 4. The summed E-state index contributed by atoms with van der Waals surface area (Å²) in [6.45, 7) is 9.15. The molecule has 6 heteroatoms. The van der Waals surface area contributed by atoms with Crippen LogP contribution in [0.15, 0.2) is 24.3 Å². The van der Waals surface area contributed by atoms with Crippen LogP contribution in [0.3, 0.4) is 0 Å². The number of hydrogen-bond donors (Lipinski definition) is 1. The Hall–Kier alpha value is -2.21. The van der Waals surface area contributed by atoms with Gasteiger partial charge in [0.25, 0.3) is 5.91 Å². The average Bonchev–Trinajstić information content (AvgIpc) is 2.77. The van der Waals surface area contributed by atoms with Crippen molar-refractivity contribution in [2.24, 2.45) is 5.92 Å². The van der Waals surface area contributed by atoms with E-state index in [1.165, 1.54) is 32.1 Å². The first-order valence-electron chi connectivity index (χ1n) is 11.2. The number of nitrogens with one attached hydrogen (secondary N) is 1. The molecule has 156 valence electrons. The average molecular weight is 396 g/mol. The number of anilines is 1. The van der Waals surface area contributed by atoms with Crippen molar-refractivity contribution in [2.45, 2.75) is 52.0 Å². The molecule has 6 nitrogen and oxygen atoms in total. The first-order valence-corrected chi connectivity index (χ1v) is 11.2. The summed E-state index contributed by atoms with van der Waals surface area (Å²) in [7, 11) is 0. The predicted molar refractivity (Wildman–Crippen MR) is 117 cm³/mol. The van der Waals surface area contributed by atoms with Crippen LogP contribution >= 0.6 is 0 Å². The quantitative estimate of drug-likeness (QED) is 0.840. The smallest absolute Gasteiger partial charge is 0.272 e. The van der Waals surface area contributed by atoms with Gasteiger partial charge in [-0.3, -0.25) is 9.69 Å². The molecule has 0 unspecified atom stereocenters. The van der Waals surface area contributed by atoms with Gasteiger partial charge in [-0.05, 0) is 32.6 Å². The zero-order valence-electron chi connectivity index (χ0n) is 17.7. The summed E-state index contributed by atoms with van der Waals surface area (Å²) >= 11 is 0. The molecule has 2 heterocycles. The van der Waals surface area contributed by atoms with Crippen LogP contribution in [-0.4, -0.2) is 59.8 Å². The Balaban J connectivity index is 1.51. The van der Waals surface area contributed by atoms with E-state index in [1.807, 2.05) is 18.2 Å². The van der Waals surface area contributed by atoms with Crippen molar-refractivity contribution in [1.29, 1.82) is 0 Å². The lowest BCUT2D eigenvalue weighted by molar-refractivity contribution is 0.0939. The van der Waals surface area contributed by atoms with Gasteiger partial charge in [-0.15, -0.1) is 10.2 Å². The van der Waals surface area contributed by atoms with Gasteiger partial charge in [0, 0.05) is 49.5 Å². The van der Waals surface area contributed by atoms with Gasteiger partial charge >= 0.3 is 0 Å². The van der Waals surface area contributed by atoms with E-state index >= 15 is 0 Å². The molecule has 0 bridgehead atoms. The number of benzene rings is 1. The molecule has 0 radical (unpaired) electrons. The van der Waals surface area contributed by atoms with Crippen LogP contribution in [0.4, 0.5) is 5.82 Å². The van der Waals surface area contributed by atoms with E-state index in [9.17, 15) is 4.79 Å². The van der Waals surface area contributed by atoms with E-state index in [0.29, 0.717) is 17.7 Å². The van der Waals surface area contributed by atoms with Crippen molar-refractivity contribution in [2.75, 3.05) is 37.6 Å². The Morgan fingerprint density at radius 2 is 1.72 bits per heavy atom. The highest BCUT2D eigenvalue weighted by Gasteiger charge is 2.24. The largest absolute Gasteiger partial charge is 0.352 e. The van der Waals surface area contributed by atoms with E-state index < -0.39 is 0 Å². The molecular formula is C23H33N5O. The van der Waals surface area contributed by atoms with E-state index in [0.717, 1.165) is 49.3 Å². The summed E-state index contributed by atoms with van der Waals surface area (Å²) < 4.78 is 0. The third-order valence-corrected chi connectivity index (χ3v) is 6.50. The minimum atomic E-state index is -0.101. The Labute approximate surface area is 173 Å². The molecule has 1 aromatic carbocycles. The molecule has 2 aliphatic rings. The third kappa shape index (κ3) is 4.53. The lowest BCUT2D eigenvalue weighted by atomic mass is 9.89. The van der Waals surface area contributed by atoms with Gasteiger partial charge in [0.05, 0.1) is 0 Å². The fraction of sp³-hybridized carbons (Fsp3) is 0.609. The molecule has 1 aromatic heterocycles. The van der Waals surface area contributed by atoms with Crippen molar-refractivity contribution < 1.29 is 4.79 Å². The SMILES string of the molecule is CC(C)N1CCN(c2nnc(C(=O)NCC3CCCCC3)c3ccccc23)CC1. The third-order valence-electron chi connectivity index (χ3n) is 6.50. The van der Waals surface area contributed by atoms with Crippen LogP contribution in [0.25, 0.3) is 10.8 Å². The lowest BCUT2D eigenvalue weighted by Crippen LogP contribution is -2.49. The maximum Gasteiger partial charge on any atom is 0.272 e. The van der Waals surface area contributed by atoms with Gasteiger partial charge in [-0.25, -0.2) is 0 Å². The number of aromatic nitrogens is 2. The van der Waals surface area contributed by atoms with Crippen LogP contribution in [0.2, 0.25) is 0 Å². The zero-order chi connectivity index (χ0) is 20.2. The molecule has 2 fully saturated rings. The second-order valence-electron chi connectivity index (χ2n) is 8.75. The molecule has 1 saturated heterocycles. The summed E-state index contributed by atoms with van der Waals surface area (Å²) in [6, 6.07) is 8.61. The number of carbonyl (C=O) groups excluding carboxylic acids is 1. The Morgan fingerprint density at radius 3 is 2.41 bits per heavy atom. The predicted octanol–water partition coefficient (Wildman–Crippen LogP) is 3.47. The van der Waals surface area contributed by atoms with Gasteiger partial charge in [0.2, 0.25) is 0 Å². The minimum absolute atomic E-state index is 0.101. The topological polar surface area (TPSA) is 61.4 Å². The lowest BCUT2D eigenvalue weighted by Gasteiger charge is -2.37. The number of piperazine rings is 1. The summed E-state index contributed by atoms with van der Waals surface area (Å²) in [4.78, 5) is 17.7. The molecule has 1 aliphatic heterocycles. The second-order valence-corrected chi connectivity index (χ2v) is 8.75. The number of amides is 1.